The molecule has 200 valence electrons. The average Bonchev–Trinajstić information content (AvgIpc) is 3.41. The Balaban J connectivity index is 1.63. The van der Waals surface area contributed by atoms with Gasteiger partial charge in [-0.05, 0) is 74.4 Å². The Labute approximate surface area is 227 Å². The van der Waals surface area contributed by atoms with E-state index in [2.05, 4.69) is 17.4 Å². The molecule has 2 amide bonds. The van der Waals surface area contributed by atoms with Crippen molar-refractivity contribution in [3.63, 3.8) is 0 Å². The van der Waals surface area contributed by atoms with Gasteiger partial charge in [-0.1, -0.05) is 79.1 Å². The van der Waals surface area contributed by atoms with E-state index in [1.54, 1.807) is 4.90 Å². The van der Waals surface area contributed by atoms with Gasteiger partial charge in [-0.15, -0.1) is 0 Å². The zero-order valence-corrected chi connectivity index (χ0v) is 23.1. The van der Waals surface area contributed by atoms with Crippen molar-refractivity contribution in [2.45, 2.75) is 78.4 Å². The Morgan fingerprint density at radius 3 is 2.32 bits per heavy atom. The van der Waals surface area contributed by atoms with Crippen LogP contribution in [0, 0.1) is 27.7 Å². The van der Waals surface area contributed by atoms with Crippen LogP contribution in [-0.4, -0.2) is 35.4 Å². The van der Waals surface area contributed by atoms with Crippen molar-refractivity contribution in [2.24, 2.45) is 0 Å². The topological polar surface area (TPSA) is 58.6 Å². The molecule has 1 saturated carbocycles. The molecule has 1 fully saturated rings. The minimum absolute atomic E-state index is 0.0932. The normalized spacial score (nSPS) is 14.2. The maximum atomic E-state index is 13.9. The number of hydrogen-bond acceptors (Lipinski definition) is 3. The third-order valence-corrected chi connectivity index (χ3v) is 7.52. The average molecular weight is 513 g/mol. The fourth-order valence-corrected chi connectivity index (χ4v) is 5.30. The van der Waals surface area contributed by atoms with Crippen LogP contribution in [0.2, 0.25) is 0 Å². The van der Waals surface area contributed by atoms with Gasteiger partial charge in [-0.3, -0.25) is 9.59 Å². The molecule has 0 unspecified atom stereocenters. The zero-order chi connectivity index (χ0) is 27.1. The van der Waals surface area contributed by atoms with Gasteiger partial charge in [0, 0.05) is 19.0 Å². The third-order valence-electron chi connectivity index (χ3n) is 7.52. The lowest BCUT2D eigenvalue weighted by Gasteiger charge is -2.32. The summed E-state index contributed by atoms with van der Waals surface area (Å²) in [7, 11) is 0. The molecule has 5 nitrogen and oxygen atoms in total. The molecule has 0 aromatic heterocycles. The molecule has 4 rings (SSSR count). The quantitative estimate of drug-likeness (QED) is 0.363. The predicted octanol–water partition coefficient (Wildman–Crippen LogP) is 6.00. The first kappa shape index (κ1) is 27.4. The molecular weight excluding hydrogens is 472 g/mol. The summed E-state index contributed by atoms with van der Waals surface area (Å²) in [6, 6.07) is 21.7. The number of nitrogens with zero attached hydrogens (tertiary/aromatic N) is 1. The second-order valence-electron chi connectivity index (χ2n) is 10.7. The maximum Gasteiger partial charge on any atom is 0.261 e. The number of amides is 2. The highest BCUT2D eigenvalue weighted by molar-refractivity contribution is 5.88. The van der Waals surface area contributed by atoms with Crippen molar-refractivity contribution in [1.29, 1.82) is 0 Å². The maximum absolute atomic E-state index is 13.9. The molecule has 38 heavy (non-hydrogen) atoms. The highest BCUT2D eigenvalue weighted by Crippen LogP contribution is 2.24. The summed E-state index contributed by atoms with van der Waals surface area (Å²) in [6.07, 6.45) is 4.68. The van der Waals surface area contributed by atoms with Crippen LogP contribution in [0.3, 0.4) is 0 Å². The van der Waals surface area contributed by atoms with E-state index in [0.29, 0.717) is 18.7 Å². The molecule has 5 heteroatoms. The first-order valence-electron chi connectivity index (χ1n) is 13.7. The molecule has 3 aromatic rings. The number of aryl methyl sites for hydroxylation is 3. The molecule has 0 radical (unpaired) electrons. The second-order valence-corrected chi connectivity index (χ2v) is 10.7. The van der Waals surface area contributed by atoms with Gasteiger partial charge in [0.25, 0.3) is 5.91 Å². The molecular formula is C33H40N2O3. The van der Waals surface area contributed by atoms with Crippen molar-refractivity contribution in [3.8, 4) is 5.75 Å². The van der Waals surface area contributed by atoms with Crippen molar-refractivity contribution < 1.29 is 14.3 Å². The number of hydrogen-bond donors (Lipinski definition) is 1. The van der Waals surface area contributed by atoms with Gasteiger partial charge >= 0.3 is 0 Å². The lowest BCUT2D eigenvalue weighted by Crippen LogP contribution is -2.53. The van der Waals surface area contributed by atoms with Crippen molar-refractivity contribution in [2.75, 3.05) is 6.61 Å². The van der Waals surface area contributed by atoms with Crippen LogP contribution in [0.25, 0.3) is 0 Å². The number of benzene rings is 3. The van der Waals surface area contributed by atoms with Crippen molar-refractivity contribution >= 4 is 11.8 Å². The molecule has 1 atom stereocenters. The van der Waals surface area contributed by atoms with E-state index in [9.17, 15) is 9.59 Å². The molecule has 0 saturated heterocycles. The van der Waals surface area contributed by atoms with Crippen LogP contribution >= 0.6 is 0 Å². The Bertz CT molecular complexity index is 1250. The first-order chi connectivity index (χ1) is 18.3. The number of rotatable bonds is 10. The Hall–Kier alpha value is -3.60. The van der Waals surface area contributed by atoms with Gasteiger partial charge in [0.15, 0.2) is 6.61 Å². The van der Waals surface area contributed by atoms with E-state index < -0.39 is 6.04 Å². The molecule has 0 bridgehead atoms. The van der Waals surface area contributed by atoms with Crippen LogP contribution in [0.5, 0.6) is 5.75 Å². The van der Waals surface area contributed by atoms with Crippen LogP contribution in [0.1, 0.15) is 59.1 Å². The predicted molar refractivity (Wildman–Crippen MR) is 152 cm³/mol. The first-order valence-corrected chi connectivity index (χ1v) is 13.7. The van der Waals surface area contributed by atoms with Gasteiger partial charge in [-0.2, -0.15) is 0 Å². The minimum atomic E-state index is -0.644. The Morgan fingerprint density at radius 1 is 0.895 bits per heavy atom. The van der Waals surface area contributed by atoms with Crippen LogP contribution in [-0.2, 0) is 22.6 Å². The largest absolute Gasteiger partial charge is 0.483 e. The summed E-state index contributed by atoms with van der Waals surface area (Å²) in [4.78, 5) is 29.4. The fourth-order valence-electron chi connectivity index (χ4n) is 5.30. The Kier molecular flexibility index (Phi) is 9.22. The summed E-state index contributed by atoms with van der Waals surface area (Å²) < 4.78 is 6.09. The lowest BCUT2D eigenvalue weighted by molar-refractivity contribution is -0.143. The van der Waals surface area contributed by atoms with Gasteiger partial charge in [0.2, 0.25) is 5.91 Å². The standard InChI is InChI=1S/C33H40N2O3/c1-23-11-10-14-28(18-23)21-35(32(36)22-38-31-19-24(2)17-25(3)26(31)4)30(20-27-12-6-5-7-13-27)33(37)34-29-15-8-9-16-29/h5-7,10-14,17-19,29-30H,8-9,15-16,20-22H2,1-4H3,(H,34,37)/t30-/m1/s1. The number of ether oxygens (including phenoxy) is 1. The fraction of sp³-hybridized carbons (Fsp3) is 0.394. The molecule has 1 N–H and O–H groups in total. The molecule has 3 aromatic carbocycles. The third kappa shape index (κ3) is 7.25. The highest BCUT2D eigenvalue weighted by atomic mass is 16.5. The minimum Gasteiger partial charge on any atom is -0.483 e. The van der Waals surface area contributed by atoms with E-state index >= 15 is 0 Å². The van der Waals surface area contributed by atoms with E-state index in [-0.39, 0.29) is 24.5 Å². The van der Waals surface area contributed by atoms with Crippen LogP contribution in [0.4, 0.5) is 0 Å². The van der Waals surface area contributed by atoms with Gasteiger partial charge in [-0.25, -0.2) is 0 Å². The van der Waals surface area contributed by atoms with Gasteiger partial charge in [0.1, 0.15) is 11.8 Å². The highest BCUT2D eigenvalue weighted by Gasteiger charge is 2.32. The zero-order valence-electron chi connectivity index (χ0n) is 23.1. The van der Waals surface area contributed by atoms with Gasteiger partial charge < -0.3 is 15.0 Å². The number of carbonyl (C=O) groups excluding carboxylic acids is 2. The molecule has 1 aliphatic carbocycles. The van der Waals surface area contributed by atoms with Crippen molar-refractivity contribution in [3.05, 3.63) is 100 Å². The van der Waals surface area contributed by atoms with E-state index in [1.807, 2.05) is 82.3 Å². The van der Waals surface area contributed by atoms with E-state index in [4.69, 9.17) is 4.74 Å². The van der Waals surface area contributed by atoms with E-state index in [0.717, 1.165) is 59.1 Å². The summed E-state index contributed by atoms with van der Waals surface area (Å²) in [5, 5.41) is 3.26. The van der Waals surface area contributed by atoms with Crippen LogP contribution in [0.15, 0.2) is 66.7 Å². The molecule has 0 aliphatic heterocycles. The second kappa shape index (κ2) is 12.8. The molecule has 1 aliphatic rings. The smallest absolute Gasteiger partial charge is 0.261 e. The summed E-state index contributed by atoms with van der Waals surface area (Å²) in [5.41, 5.74) is 6.37. The lowest BCUT2D eigenvalue weighted by atomic mass is 10.0. The summed E-state index contributed by atoms with van der Waals surface area (Å²) in [5.74, 6) is 0.415. The monoisotopic (exact) mass is 512 g/mol. The summed E-state index contributed by atoms with van der Waals surface area (Å²) in [6.45, 7) is 8.32. The summed E-state index contributed by atoms with van der Waals surface area (Å²) >= 11 is 0. The molecule has 0 heterocycles. The number of nitrogens with one attached hydrogen (secondary N) is 1. The SMILES string of the molecule is Cc1cccc(CN(C(=O)COc2cc(C)cc(C)c2C)[C@H](Cc2ccccc2)C(=O)NC2CCCC2)c1. The van der Waals surface area contributed by atoms with Crippen molar-refractivity contribution in [1.82, 2.24) is 10.2 Å². The van der Waals surface area contributed by atoms with E-state index in [1.165, 1.54) is 0 Å². The number of carbonyl (C=O) groups is 2. The van der Waals surface area contributed by atoms with Gasteiger partial charge in [0.05, 0.1) is 0 Å². The Morgan fingerprint density at radius 2 is 1.61 bits per heavy atom. The van der Waals surface area contributed by atoms with Crippen LogP contribution < -0.4 is 10.1 Å². The molecule has 0 spiro atoms.